The zero-order valence-electron chi connectivity index (χ0n) is 11.8. The van der Waals surface area contributed by atoms with Gasteiger partial charge >= 0.3 is 0 Å². The molecule has 1 aromatic carbocycles. The SMILES string of the molecule is Cc1[nH]c2ccccc2c1C=NNC1=NCCCCC1. The predicted molar refractivity (Wildman–Crippen MR) is 84.5 cm³/mol. The van der Waals surface area contributed by atoms with E-state index in [1.165, 1.54) is 24.6 Å². The Balaban J connectivity index is 1.77. The molecular formula is C16H20N4. The number of hydrogen-bond acceptors (Lipinski definition) is 3. The molecule has 2 heterocycles. The number of aromatic amines is 1. The van der Waals surface area contributed by atoms with Crippen molar-refractivity contribution >= 4 is 23.0 Å². The van der Waals surface area contributed by atoms with E-state index in [0.29, 0.717) is 0 Å². The summed E-state index contributed by atoms with van der Waals surface area (Å²) in [7, 11) is 0. The molecular weight excluding hydrogens is 248 g/mol. The van der Waals surface area contributed by atoms with Gasteiger partial charge in [-0.15, -0.1) is 0 Å². The third-order valence-electron chi connectivity index (χ3n) is 3.71. The molecule has 0 saturated heterocycles. The summed E-state index contributed by atoms with van der Waals surface area (Å²) in [5.41, 5.74) is 6.53. The number of nitrogens with zero attached hydrogens (tertiary/aromatic N) is 2. The van der Waals surface area contributed by atoms with Crippen LogP contribution in [0, 0.1) is 6.92 Å². The van der Waals surface area contributed by atoms with Gasteiger partial charge in [-0.25, -0.2) is 0 Å². The van der Waals surface area contributed by atoms with Gasteiger partial charge in [0.2, 0.25) is 0 Å². The van der Waals surface area contributed by atoms with Gasteiger partial charge in [-0.1, -0.05) is 24.6 Å². The maximum absolute atomic E-state index is 4.51. The van der Waals surface area contributed by atoms with Gasteiger partial charge in [0.05, 0.1) is 6.21 Å². The monoisotopic (exact) mass is 268 g/mol. The molecule has 0 aliphatic carbocycles. The Morgan fingerprint density at radius 3 is 3.10 bits per heavy atom. The van der Waals surface area contributed by atoms with Gasteiger partial charge in [0.1, 0.15) is 5.84 Å². The van der Waals surface area contributed by atoms with Crippen LogP contribution in [0.15, 0.2) is 34.4 Å². The third kappa shape index (κ3) is 2.74. The summed E-state index contributed by atoms with van der Waals surface area (Å²) in [6.45, 7) is 2.99. The molecule has 0 radical (unpaired) electrons. The summed E-state index contributed by atoms with van der Waals surface area (Å²) >= 11 is 0. The minimum atomic E-state index is 0.921. The number of aromatic nitrogens is 1. The highest BCUT2D eigenvalue weighted by molar-refractivity contribution is 6.00. The van der Waals surface area contributed by atoms with Crippen molar-refractivity contribution in [2.45, 2.75) is 32.6 Å². The quantitative estimate of drug-likeness (QED) is 0.636. The fourth-order valence-electron chi connectivity index (χ4n) is 2.60. The molecule has 104 valence electrons. The Kier molecular flexibility index (Phi) is 3.81. The van der Waals surface area contributed by atoms with Crippen LogP contribution in [0.2, 0.25) is 0 Å². The van der Waals surface area contributed by atoms with Gasteiger partial charge in [0, 0.05) is 35.1 Å². The molecule has 2 N–H and O–H groups in total. The van der Waals surface area contributed by atoms with Gasteiger partial charge in [-0.05, 0) is 25.8 Å². The van der Waals surface area contributed by atoms with Gasteiger partial charge in [0.25, 0.3) is 0 Å². The highest BCUT2D eigenvalue weighted by atomic mass is 15.3. The molecule has 0 unspecified atom stereocenters. The molecule has 1 aliphatic rings. The molecule has 1 aromatic heterocycles. The number of benzene rings is 1. The highest BCUT2D eigenvalue weighted by Gasteiger charge is 2.06. The Morgan fingerprint density at radius 1 is 1.25 bits per heavy atom. The number of aryl methyl sites for hydroxylation is 1. The average molecular weight is 268 g/mol. The summed E-state index contributed by atoms with van der Waals surface area (Å²) in [5.74, 6) is 1.01. The summed E-state index contributed by atoms with van der Waals surface area (Å²) in [6, 6.07) is 8.29. The zero-order chi connectivity index (χ0) is 13.8. The van der Waals surface area contributed by atoms with E-state index in [1.807, 2.05) is 12.3 Å². The molecule has 4 nitrogen and oxygen atoms in total. The number of para-hydroxylation sites is 1. The second-order valence-electron chi connectivity index (χ2n) is 5.22. The lowest BCUT2D eigenvalue weighted by Gasteiger charge is -2.01. The fourth-order valence-corrected chi connectivity index (χ4v) is 2.60. The first kappa shape index (κ1) is 12.9. The third-order valence-corrected chi connectivity index (χ3v) is 3.71. The lowest BCUT2D eigenvalue weighted by Crippen LogP contribution is -2.17. The van der Waals surface area contributed by atoms with Crippen LogP contribution in [-0.2, 0) is 0 Å². The Labute approximate surface area is 119 Å². The molecule has 0 saturated carbocycles. The molecule has 20 heavy (non-hydrogen) atoms. The minimum absolute atomic E-state index is 0.921. The first-order valence-electron chi connectivity index (χ1n) is 7.24. The van der Waals surface area contributed by atoms with Crippen LogP contribution in [0.3, 0.4) is 0 Å². The largest absolute Gasteiger partial charge is 0.358 e. The van der Waals surface area contributed by atoms with Crippen molar-refractivity contribution in [1.29, 1.82) is 0 Å². The number of fused-ring (bicyclic) bond motifs is 1. The van der Waals surface area contributed by atoms with Crippen molar-refractivity contribution < 1.29 is 0 Å². The number of H-pyrrole nitrogens is 1. The molecule has 0 atom stereocenters. The molecule has 3 rings (SSSR count). The number of hydrogen-bond donors (Lipinski definition) is 2. The van der Waals surface area contributed by atoms with Gasteiger partial charge < -0.3 is 4.98 Å². The first-order chi connectivity index (χ1) is 9.84. The summed E-state index contributed by atoms with van der Waals surface area (Å²) in [5, 5.41) is 5.57. The van der Waals surface area contributed by atoms with Gasteiger partial charge in [0.15, 0.2) is 0 Å². The predicted octanol–water partition coefficient (Wildman–Crippen LogP) is 3.37. The molecule has 2 aromatic rings. The van der Waals surface area contributed by atoms with E-state index in [2.05, 4.69) is 45.6 Å². The summed E-state index contributed by atoms with van der Waals surface area (Å²) in [4.78, 5) is 7.89. The van der Waals surface area contributed by atoms with Crippen LogP contribution >= 0.6 is 0 Å². The molecule has 0 amide bonds. The first-order valence-corrected chi connectivity index (χ1v) is 7.24. The molecule has 0 bridgehead atoms. The minimum Gasteiger partial charge on any atom is -0.358 e. The maximum Gasteiger partial charge on any atom is 0.117 e. The van der Waals surface area contributed by atoms with Crippen molar-refractivity contribution in [2.24, 2.45) is 10.1 Å². The van der Waals surface area contributed by atoms with E-state index < -0.39 is 0 Å². The molecule has 1 aliphatic heterocycles. The highest BCUT2D eigenvalue weighted by Crippen LogP contribution is 2.19. The van der Waals surface area contributed by atoms with Crippen molar-refractivity contribution in [3.8, 4) is 0 Å². The van der Waals surface area contributed by atoms with E-state index in [-0.39, 0.29) is 0 Å². The number of hydrazone groups is 1. The zero-order valence-corrected chi connectivity index (χ0v) is 11.8. The van der Waals surface area contributed by atoms with E-state index in [1.54, 1.807) is 0 Å². The fraction of sp³-hybridized carbons (Fsp3) is 0.375. The number of rotatable bonds is 2. The van der Waals surface area contributed by atoms with Crippen LogP contribution in [0.1, 0.15) is 36.9 Å². The number of amidine groups is 1. The van der Waals surface area contributed by atoms with E-state index in [4.69, 9.17) is 0 Å². The number of aliphatic imine (C=N–C) groups is 1. The van der Waals surface area contributed by atoms with Crippen LogP contribution in [0.4, 0.5) is 0 Å². The smallest absolute Gasteiger partial charge is 0.117 e. The van der Waals surface area contributed by atoms with Gasteiger partial charge in [-0.2, -0.15) is 5.10 Å². The Hall–Kier alpha value is -2.10. The van der Waals surface area contributed by atoms with E-state index in [9.17, 15) is 0 Å². The lowest BCUT2D eigenvalue weighted by molar-refractivity contribution is 0.729. The van der Waals surface area contributed by atoms with Crippen molar-refractivity contribution in [3.63, 3.8) is 0 Å². The summed E-state index contributed by atoms with van der Waals surface area (Å²) in [6.07, 6.45) is 6.55. The molecule has 0 spiro atoms. The van der Waals surface area contributed by atoms with Crippen molar-refractivity contribution in [2.75, 3.05) is 6.54 Å². The normalized spacial score (nSPS) is 16.4. The lowest BCUT2D eigenvalue weighted by atomic mass is 10.1. The second kappa shape index (κ2) is 5.90. The topological polar surface area (TPSA) is 52.5 Å². The van der Waals surface area contributed by atoms with E-state index in [0.717, 1.165) is 35.6 Å². The van der Waals surface area contributed by atoms with E-state index >= 15 is 0 Å². The van der Waals surface area contributed by atoms with Gasteiger partial charge in [-0.3, -0.25) is 10.4 Å². The van der Waals surface area contributed by atoms with Crippen LogP contribution < -0.4 is 5.43 Å². The van der Waals surface area contributed by atoms with Crippen molar-refractivity contribution in [3.05, 3.63) is 35.5 Å². The average Bonchev–Trinajstić information content (AvgIpc) is 2.65. The maximum atomic E-state index is 4.51. The Morgan fingerprint density at radius 2 is 2.15 bits per heavy atom. The summed E-state index contributed by atoms with van der Waals surface area (Å²) < 4.78 is 0. The van der Waals surface area contributed by atoms with Crippen LogP contribution in [-0.4, -0.2) is 23.6 Å². The number of nitrogens with one attached hydrogen (secondary N) is 2. The van der Waals surface area contributed by atoms with Crippen LogP contribution in [0.25, 0.3) is 10.9 Å². The Bertz CT molecular complexity index is 652. The second-order valence-corrected chi connectivity index (χ2v) is 5.22. The molecule has 4 heteroatoms. The molecule has 0 fully saturated rings. The standard InChI is InChI=1S/C16H20N4/c1-12-14(13-7-4-5-8-15(13)19-12)11-18-20-16-9-3-2-6-10-17-16/h4-5,7-8,11,19H,2-3,6,9-10H2,1H3,(H,17,20). The van der Waals surface area contributed by atoms with Crippen LogP contribution in [0.5, 0.6) is 0 Å². The van der Waals surface area contributed by atoms with Crippen molar-refractivity contribution in [1.82, 2.24) is 10.4 Å².